The van der Waals surface area contributed by atoms with Crippen LogP contribution < -0.4 is 10.6 Å². The van der Waals surface area contributed by atoms with Crippen LogP contribution in [0, 0.1) is 0 Å². The fraction of sp³-hybridized carbons (Fsp3) is 0.333. The number of hydrogen-bond donors (Lipinski definition) is 1. The molecule has 2 aromatic carbocycles. The Hall–Kier alpha value is -1.45. The van der Waals surface area contributed by atoms with Gasteiger partial charge in [-0.05, 0) is 29.7 Å². The fourth-order valence-electron chi connectivity index (χ4n) is 3.54. The zero-order chi connectivity index (χ0) is 14.2. The van der Waals surface area contributed by atoms with Crippen LogP contribution in [0.25, 0.3) is 0 Å². The zero-order valence-electron chi connectivity index (χ0n) is 12.0. The molecule has 2 aliphatic heterocycles. The van der Waals surface area contributed by atoms with E-state index in [4.69, 9.17) is 5.73 Å². The molecule has 2 N–H and O–H groups in total. The molecule has 0 spiro atoms. The van der Waals surface area contributed by atoms with Crippen LogP contribution >= 0.6 is 11.8 Å². The minimum atomic E-state index is 0.254. The minimum absolute atomic E-state index is 0.254. The Morgan fingerprint density at radius 2 is 1.90 bits per heavy atom. The number of para-hydroxylation sites is 1. The predicted octanol–water partition coefficient (Wildman–Crippen LogP) is 3.27. The van der Waals surface area contributed by atoms with Gasteiger partial charge in [0.2, 0.25) is 0 Å². The van der Waals surface area contributed by atoms with Gasteiger partial charge < -0.3 is 10.6 Å². The fourth-order valence-corrected chi connectivity index (χ4v) is 4.78. The molecule has 2 atom stereocenters. The Morgan fingerprint density at radius 1 is 1.10 bits per heavy atom. The van der Waals surface area contributed by atoms with E-state index in [0.29, 0.717) is 5.92 Å². The van der Waals surface area contributed by atoms with Crippen molar-refractivity contribution in [1.82, 2.24) is 0 Å². The van der Waals surface area contributed by atoms with Gasteiger partial charge in [-0.25, -0.2) is 0 Å². The van der Waals surface area contributed by atoms with Gasteiger partial charge in [0.1, 0.15) is 0 Å². The molecule has 0 fully saturated rings. The van der Waals surface area contributed by atoms with Crippen LogP contribution in [0.2, 0.25) is 0 Å². The van der Waals surface area contributed by atoms with E-state index >= 15 is 0 Å². The van der Waals surface area contributed by atoms with Crippen molar-refractivity contribution in [2.75, 3.05) is 23.7 Å². The number of benzene rings is 2. The molecule has 0 amide bonds. The van der Waals surface area contributed by atoms with Gasteiger partial charge in [-0.15, -0.1) is 11.8 Å². The molecule has 2 heterocycles. The lowest BCUT2D eigenvalue weighted by molar-refractivity contribution is 0.579. The summed E-state index contributed by atoms with van der Waals surface area (Å²) >= 11 is 1.99. The molecule has 0 saturated carbocycles. The number of hydrogen-bond acceptors (Lipinski definition) is 3. The largest absolute Gasteiger partial charge is 0.369 e. The van der Waals surface area contributed by atoms with Crippen LogP contribution in [0.4, 0.5) is 5.69 Å². The summed E-state index contributed by atoms with van der Waals surface area (Å²) in [5.41, 5.74) is 10.6. The Bertz CT molecular complexity index is 655. The zero-order valence-corrected chi connectivity index (χ0v) is 12.9. The van der Waals surface area contributed by atoms with Gasteiger partial charge in [0.05, 0.1) is 0 Å². The van der Waals surface area contributed by atoms with Crippen molar-refractivity contribution < 1.29 is 0 Å². The number of nitrogens with zero attached hydrogens (tertiary/aromatic N) is 1. The van der Waals surface area contributed by atoms with Crippen LogP contribution in [0.15, 0.2) is 53.4 Å². The highest BCUT2D eigenvalue weighted by molar-refractivity contribution is 7.99. The third-order valence-electron chi connectivity index (χ3n) is 4.51. The van der Waals surface area contributed by atoms with E-state index in [-0.39, 0.29) is 6.04 Å². The second kappa shape index (κ2) is 5.39. The van der Waals surface area contributed by atoms with Gasteiger partial charge in [0, 0.05) is 41.4 Å². The first-order valence-corrected chi connectivity index (χ1v) is 8.60. The molecule has 0 saturated heterocycles. The molecule has 4 rings (SSSR count). The lowest BCUT2D eigenvalue weighted by Gasteiger charge is -2.36. The maximum atomic E-state index is 6.26. The average molecular weight is 296 g/mol. The molecule has 2 unspecified atom stereocenters. The molecule has 21 heavy (non-hydrogen) atoms. The highest BCUT2D eigenvalue weighted by atomic mass is 32.2. The molecule has 2 nitrogen and oxygen atoms in total. The molecule has 0 radical (unpaired) electrons. The number of thioether (sulfide) groups is 1. The average Bonchev–Trinajstić information content (AvgIpc) is 2.90. The molecular formula is C18H20N2S. The second-order valence-corrected chi connectivity index (χ2v) is 7.11. The summed E-state index contributed by atoms with van der Waals surface area (Å²) in [7, 11) is 0. The van der Waals surface area contributed by atoms with Crippen molar-refractivity contribution >= 4 is 17.4 Å². The summed E-state index contributed by atoms with van der Waals surface area (Å²) in [5, 5.41) is 0. The van der Waals surface area contributed by atoms with E-state index in [1.165, 1.54) is 27.5 Å². The molecule has 0 bridgehead atoms. The summed E-state index contributed by atoms with van der Waals surface area (Å²) in [6.07, 6.45) is 1.00. The van der Waals surface area contributed by atoms with Crippen molar-refractivity contribution in [3.05, 3.63) is 59.7 Å². The third kappa shape index (κ3) is 2.45. The van der Waals surface area contributed by atoms with Gasteiger partial charge >= 0.3 is 0 Å². The minimum Gasteiger partial charge on any atom is -0.369 e. The lowest BCUT2D eigenvalue weighted by Crippen LogP contribution is -2.44. The number of rotatable bonds is 2. The van der Waals surface area contributed by atoms with Crippen LogP contribution in [-0.2, 0) is 6.42 Å². The monoisotopic (exact) mass is 296 g/mol. The first kappa shape index (κ1) is 13.2. The van der Waals surface area contributed by atoms with Gasteiger partial charge in [0.15, 0.2) is 0 Å². The first-order valence-electron chi connectivity index (χ1n) is 7.61. The third-order valence-corrected chi connectivity index (χ3v) is 5.76. The molecular weight excluding hydrogens is 276 g/mol. The summed E-state index contributed by atoms with van der Waals surface area (Å²) in [6.45, 7) is 2.05. The molecule has 0 aromatic heterocycles. The van der Waals surface area contributed by atoms with Crippen LogP contribution in [0.3, 0.4) is 0 Å². The summed E-state index contributed by atoms with van der Waals surface area (Å²) in [4.78, 5) is 3.95. The smallest absolute Gasteiger partial charge is 0.0400 e. The van der Waals surface area contributed by atoms with Gasteiger partial charge in [-0.3, -0.25) is 0 Å². The van der Waals surface area contributed by atoms with Gasteiger partial charge in [0.25, 0.3) is 0 Å². The molecule has 2 aliphatic rings. The lowest BCUT2D eigenvalue weighted by atomic mass is 9.95. The number of nitrogens with two attached hydrogens (primary N) is 1. The van der Waals surface area contributed by atoms with Crippen molar-refractivity contribution in [3.8, 4) is 0 Å². The van der Waals surface area contributed by atoms with E-state index < -0.39 is 0 Å². The maximum absolute atomic E-state index is 6.26. The van der Waals surface area contributed by atoms with E-state index in [1.54, 1.807) is 0 Å². The number of anilines is 1. The quantitative estimate of drug-likeness (QED) is 0.922. The van der Waals surface area contributed by atoms with E-state index in [0.717, 1.165) is 19.5 Å². The van der Waals surface area contributed by atoms with Crippen LogP contribution in [-0.4, -0.2) is 24.9 Å². The SMILES string of the molecule is NC1Cc2ccccc2N(CC2CSc3ccccc32)C1. The Balaban J connectivity index is 1.61. The first-order chi connectivity index (χ1) is 10.3. The Kier molecular flexibility index (Phi) is 3.40. The summed E-state index contributed by atoms with van der Waals surface area (Å²) in [6, 6.07) is 17.8. The molecule has 108 valence electrons. The number of fused-ring (bicyclic) bond motifs is 2. The standard InChI is InChI=1S/C18H20N2S/c19-15-9-13-5-1-3-7-17(13)20(11-15)10-14-12-21-18-8-4-2-6-16(14)18/h1-8,14-15H,9-12,19H2. The predicted molar refractivity (Wildman–Crippen MR) is 90.2 cm³/mol. The Labute approximate surface area is 130 Å². The Morgan fingerprint density at radius 3 is 2.86 bits per heavy atom. The van der Waals surface area contributed by atoms with Crippen molar-refractivity contribution in [3.63, 3.8) is 0 Å². The highest BCUT2D eigenvalue weighted by Gasteiger charge is 2.28. The van der Waals surface area contributed by atoms with Gasteiger partial charge in [-0.1, -0.05) is 36.4 Å². The van der Waals surface area contributed by atoms with Crippen LogP contribution in [0.1, 0.15) is 17.0 Å². The highest BCUT2D eigenvalue weighted by Crippen LogP contribution is 2.40. The van der Waals surface area contributed by atoms with Crippen molar-refractivity contribution in [2.24, 2.45) is 5.73 Å². The van der Waals surface area contributed by atoms with Crippen molar-refractivity contribution in [1.29, 1.82) is 0 Å². The van der Waals surface area contributed by atoms with E-state index in [1.807, 2.05) is 11.8 Å². The summed E-state index contributed by atoms with van der Waals surface area (Å²) < 4.78 is 0. The van der Waals surface area contributed by atoms with E-state index in [9.17, 15) is 0 Å². The topological polar surface area (TPSA) is 29.3 Å². The molecule has 2 aromatic rings. The molecule has 0 aliphatic carbocycles. The molecule has 3 heteroatoms. The normalized spacial score (nSPS) is 23.8. The maximum Gasteiger partial charge on any atom is 0.0400 e. The van der Waals surface area contributed by atoms with E-state index in [2.05, 4.69) is 53.4 Å². The second-order valence-electron chi connectivity index (χ2n) is 6.04. The summed E-state index contributed by atoms with van der Waals surface area (Å²) in [5.74, 6) is 1.80. The van der Waals surface area contributed by atoms with Gasteiger partial charge in [-0.2, -0.15) is 0 Å². The van der Waals surface area contributed by atoms with Crippen LogP contribution in [0.5, 0.6) is 0 Å². The van der Waals surface area contributed by atoms with Crippen molar-refractivity contribution in [2.45, 2.75) is 23.3 Å².